The SMILES string of the molecule is O=C(O)N1CCC[C@H](N(Cc2cc(C(F)(F)F)cc(C(F)(F)F)c2)c2nn[nH]n2)c2ccc3c(c21)CCC3. The maximum Gasteiger partial charge on any atom is 0.416 e. The summed E-state index contributed by atoms with van der Waals surface area (Å²) in [5.41, 5.74) is -0.0725. The third-order valence-electron chi connectivity index (χ3n) is 6.97. The van der Waals surface area contributed by atoms with Gasteiger partial charge in [-0.2, -0.15) is 31.6 Å². The highest BCUT2D eigenvalue weighted by Crippen LogP contribution is 2.44. The number of carbonyl (C=O) groups is 1. The van der Waals surface area contributed by atoms with E-state index in [4.69, 9.17) is 0 Å². The number of rotatable bonds is 4. The number of halogens is 6. The summed E-state index contributed by atoms with van der Waals surface area (Å²) in [6.45, 7) is -0.210. The van der Waals surface area contributed by atoms with Gasteiger partial charge >= 0.3 is 18.4 Å². The van der Waals surface area contributed by atoms with Crippen molar-refractivity contribution in [2.75, 3.05) is 16.3 Å². The number of aromatic amines is 1. The number of tetrazole rings is 1. The van der Waals surface area contributed by atoms with Gasteiger partial charge in [0.05, 0.1) is 22.9 Å². The van der Waals surface area contributed by atoms with Crippen LogP contribution in [0.5, 0.6) is 0 Å². The summed E-state index contributed by atoms with van der Waals surface area (Å²) in [6, 6.07) is 4.48. The van der Waals surface area contributed by atoms with Crippen LogP contribution in [0.1, 0.15) is 58.7 Å². The molecule has 0 bridgehead atoms. The standard InChI is InChI=1S/C24H22F6N6O2/c25-23(26,27)15-9-13(10-16(11-15)24(28,29)30)12-36(21-31-33-34-32-21)19-5-2-8-35(22(37)38)20-17-4-1-3-14(17)6-7-18(19)20/h6-7,9-11,19H,1-5,8,12H2,(H,37,38)(H,31,32,33,34)/t19-/m0/s1. The van der Waals surface area contributed by atoms with Crippen LogP contribution in [0.25, 0.3) is 0 Å². The van der Waals surface area contributed by atoms with Gasteiger partial charge in [0, 0.05) is 13.1 Å². The molecule has 2 heterocycles. The molecule has 3 aromatic rings. The predicted molar refractivity (Wildman–Crippen MR) is 123 cm³/mol. The van der Waals surface area contributed by atoms with E-state index in [9.17, 15) is 36.2 Å². The van der Waals surface area contributed by atoms with Crippen LogP contribution in [0.3, 0.4) is 0 Å². The maximum absolute atomic E-state index is 13.5. The number of benzene rings is 2. The van der Waals surface area contributed by atoms with E-state index in [1.807, 2.05) is 6.07 Å². The fraction of sp³-hybridized carbons (Fsp3) is 0.417. The number of hydrogen-bond donors (Lipinski definition) is 2. The molecule has 14 heteroatoms. The van der Waals surface area contributed by atoms with E-state index < -0.39 is 42.2 Å². The molecule has 0 spiro atoms. The topological polar surface area (TPSA) is 98.2 Å². The third-order valence-corrected chi connectivity index (χ3v) is 6.97. The Balaban J connectivity index is 1.64. The van der Waals surface area contributed by atoms with Gasteiger partial charge in [-0.3, -0.25) is 4.90 Å². The van der Waals surface area contributed by atoms with Crippen molar-refractivity contribution in [1.82, 2.24) is 20.6 Å². The van der Waals surface area contributed by atoms with E-state index in [-0.39, 0.29) is 24.1 Å². The van der Waals surface area contributed by atoms with Crippen molar-refractivity contribution in [2.24, 2.45) is 0 Å². The van der Waals surface area contributed by atoms with E-state index in [1.165, 1.54) is 9.80 Å². The number of aryl methyl sites for hydroxylation is 1. The summed E-state index contributed by atoms with van der Waals surface area (Å²) in [4.78, 5) is 14.9. The van der Waals surface area contributed by atoms with Crippen LogP contribution < -0.4 is 9.80 Å². The third kappa shape index (κ3) is 4.86. The van der Waals surface area contributed by atoms with Crippen molar-refractivity contribution in [1.29, 1.82) is 0 Å². The summed E-state index contributed by atoms with van der Waals surface area (Å²) in [6.07, 6.45) is -8.07. The molecule has 1 aromatic heterocycles. The monoisotopic (exact) mass is 540 g/mol. The van der Waals surface area contributed by atoms with Crippen molar-refractivity contribution in [2.45, 2.75) is 57.0 Å². The Labute approximate surface area is 212 Å². The fourth-order valence-corrected chi connectivity index (χ4v) is 5.38. The van der Waals surface area contributed by atoms with Gasteiger partial charge in [0.2, 0.25) is 0 Å². The Morgan fingerprint density at radius 3 is 2.37 bits per heavy atom. The molecule has 1 aliphatic carbocycles. The minimum absolute atomic E-state index is 0.0313. The van der Waals surface area contributed by atoms with Gasteiger partial charge in [-0.1, -0.05) is 17.2 Å². The Morgan fingerprint density at radius 2 is 1.76 bits per heavy atom. The van der Waals surface area contributed by atoms with Gasteiger partial charge in [0.1, 0.15) is 0 Å². The Kier molecular flexibility index (Phi) is 6.43. The number of nitrogens with one attached hydrogen (secondary N) is 1. The number of carboxylic acid groups (broad SMARTS) is 1. The quantitative estimate of drug-likeness (QED) is 0.409. The number of hydrogen-bond acceptors (Lipinski definition) is 5. The average Bonchev–Trinajstić information content (AvgIpc) is 3.50. The largest absolute Gasteiger partial charge is 0.465 e. The number of amides is 1. The first kappa shape index (κ1) is 25.8. The predicted octanol–water partition coefficient (Wildman–Crippen LogP) is 5.75. The molecule has 0 saturated heterocycles. The highest BCUT2D eigenvalue weighted by molar-refractivity contribution is 5.89. The molecule has 38 heavy (non-hydrogen) atoms. The lowest BCUT2D eigenvalue weighted by atomic mass is 9.94. The number of fused-ring (bicyclic) bond motifs is 3. The molecule has 5 rings (SSSR count). The zero-order chi connectivity index (χ0) is 27.2. The number of H-pyrrole nitrogens is 1. The van der Waals surface area contributed by atoms with Crippen LogP contribution in [0.15, 0.2) is 30.3 Å². The molecule has 0 radical (unpaired) electrons. The molecular weight excluding hydrogens is 518 g/mol. The molecule has 8 nitrogen and oxygen atoms in total. The molecule has 1 amide bonds. The molecule has 0 fully saturated rings. The van der Waals surface area contributed by atoms with Crippen molar-refractivity contribution in [3.05, 3.63) is 63.7 Å². The second-order valence-electron chi connectivity index (χ2n) is 9.34. The smallest absolute Gasteiger partial charge is 0.416 e. The van der Waals surface area contributed by atoms with Crippen molar-refractivity contribution >= 4 is 17.7 Å². The normalized spacial score (nSPS) is 17.6. The fourth-order valence-electron chi connectivity index (χ4n) is 5.38. The highest BCUT2D eigenvalue weighted by atomic mass is 19.4. The molecule has 0 saturated carbocycles. The van der Waals surface area contributed by atoms with Crippen LogP contribution in [0.4, 0.5) is 42.8 Å². The van der Waals surface area contributed by atoms with Crippen molar-refractivity contribution in [3.8, 4) is 0 Å². The van der Waals surface area contributed by atoms with Gasteiger partial charge in [-0.05, 0) is 77.8 Å². The zero-order valence-electron chi connectivity index (χ0n) is 19.8. The highest BCUT2D eigenvalue weighted by Gasteiger charge is 2.38. The molecule has 202 valence electrons. The molecule has 1 atom stereocenters. The number of alkyl halides is 6. The lowest BCUT2D eigenvalue weighted by molar-refractivity contribution is -0.143. The van der Waals surface area contributed by atoms with E-state index in [2.05, 4.69) is 20.6 Å². The molecule has 2 N–H and O–H groups in total. The van der Waals surface area contributed by atoms with E-state index >= 15 is 0 Å². The van der Waals surface area contributed by atoms with Gasteiger partial charge < -0.3 is 10.0 Å². The van der Waals surface area contributed by atoms with Gasteiger partial charge in [0.25, 0.3) is 5.95 Å². The lowest BCUT2D eigenvalue weighted by Gasteiger charge is -2.32. The first-order chi connectivity index (χ1) is 17.9. The average molecular weight is 540 g/mol. The molecule has 2 aromatic carbocycles. The minimum Gasteiger partial charge on any atom is -0.465 e. The summed E-state index contributed by atoms with van der Waals surface area (Å²) >= 11 is 0. The summed E-state index contributed by atoms with van der Waals surface area (Å²) in [5.74, 6) is -0.0313. The first-order valence-corrected chi connectivity index (χ1v) is 11.9. The van der Waals surface area contributed by atoms with Crippen LogP contribution in [-0.4, -0.2) is 38.4 Å². The second kappa shape index (κ2) is 9.48. The van der Waals surface area contributed by atoms with Crippen LogP contribution in [-0.2, 0) is 31.7 Å². The van der Waals surface area contributed by atoms with E-state index in [1.54, 1.807) is 6.07 Å². The lowest BCUT2D eigenvalue weighted by Crippen LogP contribution is -2.32. The van der Waals surface area contributed by atoms with Crippen LogP contribution in [0, 0.1) is 0 Å². The van der Waals surface area contributed by atoms with E-state index in [0.717, 1.165) is 24.0 Å². The van der Waals surface area contributed by atoms with Crippen LogP contribution in [0.2, 0.25) is 0 Å². The first-order valence-electron chi connectivity index (χ1n) is 11.9. The molecular formula is C24H22F6N6O2. The Hall–Kier alpha value is -3.84. The number of anilines is 2. The summed E-state index contributed by atoms with van der Waals surface area (Å²) in [7, 11) is 0. The Bertz CT molecular complexity index is 1310. The second-order valence-corrected chi connectivity index (χ2v) is 9.34. The molecule has 1 aliphatic heterocycles. The van der Waals surface area contributed by atoms with Crippen molar-refractivity contribution < 1.29 is 36.2 Å². The van der Waals surface area contributed by atoms with Gasteiger partial charge in [-0.25, -0.2) is 4.79 Å². The van der Waals surface area contributed by atoms with Crippen LogP contribution >= 0.6 is 0 Å². The zero-order valence-corrected chi connectivity index (χ0v) is 19.8. The molecule has 2 aliphatic rings. The maximum atomic E-state index is 13.5. The molecule has 0 unspecified atom stereocenters. The Morgan fingerprint density at radius 1 is 1.05 bits per heavy atom. The van der Waals surface area contributed by atoms with Gasteiger partial charge in [0.15, 0.2) is 0 Å². The summed E-state index contributed by atoms with van der Waals surface area (Å²) in [5, 5.41) is 23.7. The summed E-state index contributed by atoms with van der Waals surface area (Å²) < 4.78 is 81.1. The van der Waals surface area contributed by atoms with Crippen molar-refractivity contribution in [3.63, 3.8) is 0 Å². The van der Waals surface area contributed by atoms with Gasteiger partial charge in [-0.15, -0.1) is 5.10 Å². The van der Waals surface area contributed by atoms with E-state index in [0.29, 0.717) is 42.6 Å². The minimum atomic E-state index is -5.00. The number of nitrogens with zero attached hydrogens (tertiary/aromatic N) is 5. The number of aromatic nitrogens is 4.